The fourth-order valence-corrected chi connectivity index (χ4v) is 2.75. The fourth-order valence-electron chi connectivity index (χ4n) is 1.67. The van der Waals surface area contributed by atoms with Crippen molar-refractivity contribution >= 4 is 21.4 Å². The smallest absolute Gasteiger partial charge is 0.262 e. The van der Waals surface area contributed by atoms with Crippen molar-refractivity contribution in [2.75, 3.05) is 23.7 Å². The standard InChI is InChI=1S/C14H17N3O2S/c1-11-7-8-12(10-15-11)16-20(18,19)14-6-4-5-13(9-14)17(2)3/h4-10,16H,1-3H3. The number of aryl methyl sites for hydroxylation is 1. The lowest BCUT2D eigenvalue weighted by Gasteiger charge is -2.14. The molecule has 1 aromatic carbocycles. The van der Waals surface area contributed by atoms with Crippen molar-refractivity contribution in [2.24, 2.45) is 0 Å². The summed E-state index contributed by atoms with van der Waals surface area (Å²) in [5, 5.41) is 0. The van der Waals surface area contributed by atoms with Crippen LogP contribution in [0.25, 0.3) is 0 Å². The van der Waals surface area contributed by atoms with E-state index >= 15 is 0 Å². The molecule has 0 unspecified atom stereocenters. The number of sulfonamides is 1. The van der Waals surface area contributed by atoms with Crippen molar-refractivity contribution in [3.8, 4) is 0 Å². The third kappa shape index (κ3) is 3.27. The van der Waals surface area contributed by atoms with E-state index in [0.717, 1.165) is 11.4 Å². The molecule has 1 aromatic heterocycles. The van der Waals surface area contributed by atoms with E-state index in [9.17, 15) is 8.42 Å². The van der Waals surface area contributed by atoms with Gasteiger partial charge in [0.25, 0.3) is 10.0 Å². The zero-order chi connectivity index (χ0) is 14.8. The van der Waals surface area contributed by atoms with Crippen LogP contribution in [0.2, 0.25) is 0 Å². The summed E-state index contributed by atoms with van der Waals surface area (Å²) in [6.07, 6.45) is 1.50. The maximum absolute atomic E-state index is 12.3. The number of hydrogen-bond donors (Lipinski definition) is 1. The van der Waals surface area contributed by atoms with Crippen LogP contribution in [-0.4, -0.2) is 27.5 Å². The van der Waals surface area contributed by atoms with Crippen molar-refractivity contribution in [3.63, 3.8) is 0 Å². The third-order valence-electron chi connectivity index (χ3n) is 2.81. The van der Waals surface area contributed by atoms with Gasteiger partial charge in [-0.15, -0.1) is 0 Å². The molecule has 0 radical (unpaired) electrons. The van der Waals surface area contributed by atoms with Gasteiger partial charge in [0.05, 0.1) is 16.8 Å². The minimum absolute atomic E-state index is 0.226. The van der Waals surface area contributed by atoms with Crippen molar-refractivity contribution in [2.45, 2.75) is 11.8 Å². The molecule has 0 saturated carbocycles. The van der Waals surface area contributed by atoms with E-state index in [4.69, 9.17) is 0 Å². The molecule has 2 aromatic rings. The number of rotatable bonds is 4. The summed E-state index contributed by atoms with van der Waals surface area (Å²) in [7, 11) is 0.129. The second-order valence-electron chi connectivity index (χ2n) is 4.69. The number of nitrogens with one attached hydrogen (secondary N) is 1. The molecule has 0 aliphatic carbocycles. The molecule has 5 nitrogen and oxygen atoms in total. The summed E-state index contributed by atoms with van der Waals surface area (Å²) >= 11 is 0. The summed E-state index contributed by atoms with van der Waals surface area (Å²) in [4.78, 5) is 6.15. The van der Waals surface area contributed by atoms with E-state index in [-0.39, 0.29) is 4.90 Å². The molecule has 0 aliphatic heterocycles. The summed E-state index contributed by atoms with van der Waals surface area (Å²) in [5.41, 5.74) is 2.11. The highest BCUT2D eigenvalue weighted by molar-refractivity contribution is 7.92. The van der Waals surface area contributed by atoms with Crippen LogP contribution >= 0.6 is 0 Å². The second-order valence-corrected chi connectivity index (χ2v) is 6.37. The first-order valence-electron chi connectivity index (χ1n) is 6.11. The fraction of sp³-hybridized carbons (Fsp3) is 0.214. The van der Waals surface area contributed by atoms with E-state index in [1.54, 1.807) is 30.3 Å². The van der Waals surface area contributed by atoms with Crippen molar-refractivity contribution < 1.29 is 8.42 Å². The molecule has 0 atom stereocenters. The Labute approximate surface area is 119 Å². The lowest BCUT2D eigenvalue weighted by molar-refractivity contribution is 0.601. The van der Waals surface area contributed by atoms with Crippen LogP contribution < -0.4 is 9.62 Å². The number of pyridine rings is 1. The van der Waals surface area contributed by atoms with Crippen molar-refractivity contribution in [3.05, 3.63) is 48.3 Å². The normalized spacial score (nSPS) is 11.2. The zero-order valence-corrected chi connectivity index (χ0v) is 12.5. The summed E-state index contributed by atoms with van der Waals surface area (Å²) in [5.74, 6) is 0. The van der Waals surface area contributed by atoms with E-state index < -0.39 is 10.0 Å². The van der Waals surface area contributed by atoms with Crippen molar-refractivity contribution in [1.82, 2.24) is 4.98 Å². The minimum atomic E-state index is -3.60. The summed E-state index contributed by atoms with van der Waals surface area (Å²) in [6, 6.07) is 10.2. The van der Waals surface area contributed by atoms with E-state index in [2.05, 4.69) is 9.71 Å². The van der Waals surface area contributed by atoms with Gasteiger partial charge in [0.2, 0.25) is 0 Å². The second kappa shape index (κ2) is 5.50. The van der Waals surface area contributed by atoms with Crippen LogP contribution in [0.5, 0.6) is 0 Å². The average molecular weight is 291 g/mol. The third-order valence-corrected chi connectivity index (χ3v) is 4.19. The van der Waals surface area contributed by atoms with Gasteiger partial charge >= 0.3 is 0 Å². The monoisotopic (exact) mass is 291 g/mol. The van der Waals surface area contributed by atoms with Crippen LogP contribution in [0, 0.1) is 6.92 Å². The zero-order valence-electron chi connectivity index (χ0n) is 11.7. The van der Waals surface area contributed by atoms with Crippen LogP contribution in [0.4, 0.5) is 11.4 Å². The van der Waals surface area contributed by atoms with Gasteiger partial charge in [0, 0.05) is 25.5 Å². The van der Waals surface area contributed by atoms with Gasteiger partial charge in [-0.05, 0) is 37.3 Å². The number of anilines is 2. The van der Waals surface area contributed by atoms with Gasteiger partial charge in [-0.1, -0.05) is 6.07 Å². The molecule has 0 bridgehead atoms. The highest BCUT2D eigenvalue weighted by Crippen LogP contribution is 2.20. The number of hydrogen-bond acceptors (Lipinski definition) is 4. The van der Waals surface area contributed by atoms with E-state index in [1.807, 2.05) is 32.0 Å². The first kappa shape index (κ1) is 14.3. The Hall–Kier alpha value is -2.08. The van der Waals surface area contributed by atoms with Crippen LogP contribution in [0.1, 0.15) is 5.69 Å². The molecule has 0 spiro atoms. The summed E-state index contributed by atoms with van der Waals surface area (Å²) in [6.45, 7) is 1.85. The lowest BCUT2D eigenvalue weighted by Crippen LogP contribution is -2.15. The molecule has 1 heterocycles. The molecule has 0 saturated heterocycles. The van der Waals surface area contributed by atoms with Crippen LogP contribution in [0.3, 0.4) is 0 Å². The quantitative estimate of drug-likeness (QED) is 0.938. The molecule has 0 fully saturated rings. The molecule has 0 aliphatic rings. The Kier molecular flexibility index (Phi) is 3.94. The van der Waals surface area contributed by atoms with Crippen molar-refractivity contribution in [1.29, 1.82) is 0 Å². The molecule has 1 N–H and O–H groups in total. The molecular formula is C14H17N3O2S. The van der Waals surface area contributed by atoms with Gasteiger partial charge in [-0.2, -0.15) is 0 Å². The summed E-state index contributed by atoms with van der Waals surface area (Å²) < 4.78 is 27.1. The molecule has 0 amide bonds. The Morgan fingerprint density at radius 3 is 2.50 bits per heavy atom. The predicted molar refractivity (Wildman–Crippen MR) is 80.6 cm³/mol. The highest BCUT2D eigenvalue weighted by atomic mass is 32.2. The first-order chi connectivity index (χ1) is 9.38. The largest absolute Gasteiger partial charge is 0.378 e. The number of nitrogens with zero attached hydrogens (tertiary/aromatic N) is 2. The van der Waals surface area contributed by atoms with Crippen LogP contribution in [-0.2, 0) is 10.0 Å². The Morgan fingerprint density at radius 2 is 1.90 bits per heavy atom. The number of aromatic nitrogens is 1. The minimum Gasteiger partial charge on any atom is -0.378 e. The van der Waals surface area contributed by atoms with Crippen LogP contribution in [0.15, 0.2) is 47.5 Å². The van der Waals surface area contributed by atoms with E-state index in [1.165, 1.54) is 6.20 Å². The topological polar surface area (TPSA) is 62.3 Å². The molecular weight excluding hydrogens is 274 g/mol. The molecule has 6 heteroatoms. The van der Waals surface area contributed by atoms with Gasteiger partial charge in [-0.25, -0.2) is 8.42 Å². The first-order valence-corrected chi connectivity index (χ1v) is 7.60. The molecule has 20 heavy (non-hydrogen) atoms. The highest BCUT2D eigenvalue weighted by Gasteiger charge is 2.15. The average Bonchev–Trinajstić information content (AvgIpc) is 2.41. The van der Waals surface area contributed by atoms with E-state index in [0.29, 0.717) is 5.69 Å². The SMILES string of the molecule is Cc1ccc(NS(=O)(=O)c2cccc(N(C)C)c2)cn1. The van der Waals surface area contributed by atoms with Gasteiger partial charge in [-0.3, -0.25) is 9.71 Å². The molecule has 106 valence electrons. The Balaban J connectivity index is 2.30. The molecule has 2 rings (SSSR count). The lowest BCUT2D eigenvalue weighted by atomic mass is 10.3. The maximum atomic E-state index is 12.3. The predicted octanol–water partition coefficient (Wildman–Crippen LogP) is 2.26. The van der Waals surface area contributed by atoms with Gasteiger partial charge < -0.3 is 4.90 Å². The Bertz CT molecular complexity index is 695. The van der Waals surface area contributed by atoms with Gasteiger partial charge in [0.15, 0.2) is 0 Å². The number of benzene rings is 1. The maximum Gasteiger partial charge on any atom is 0.262 e. The van der Waals surface area contributed by atoms with Gasteiger partial charge in [0.1, 0.15) is 0 Å². The Morgan fingerprint density at radius 1 is 1.15 bits per heavy atom.